The summed E-state index contributed by atoms with van der Waals surface area (Å²) in [5, 5.41) is 4.49. The van der Waals surface area contributed by atoms with E-state index in [4.69, 9.17) is 16.3 Å². The third-order valence-corrected chi connectivity index (χ3v) is 5.17. The summed E-state index contributed by atoms with van der Waals surface area (Å²) in [7, 11) is -1.68. The highest BCUT2D eigenvalue weighted by molar-refractivity contribution is 7.92. The predicted molar refractivity (Wildman–Crippen MR) is 112 cm³/mol. The first-order chi connectivity index (χ1) is 14.1. The number of esters is 1. The Labute approximate surface area is 179 Å². The van der Waals surface area contributed by atoms with Crippen molar-refractivity contribution in [1.29, 1.82) is 0 Å². The van der Waals surface area contributed by atoms with Gasteiger partial charge in [0.25, 0.3) is 0 Å². The van der Waals surface area contributed by atoms with Crippen LogP contribution in [0.4, 0.5) is 5.69 Å². The van der Waals surface area contributed by atoms with E-state index in [1.54, 1.807) is 55.3 Å². The quantitative estimate of drug-likeness (QED) is 0.435. The molecule has 0 saturated heterocycles. The van der Waals surface area contributed by atoms with E-state index < -0.39 is 22.1 Å². The maximum atomic E-state index is 12.5. The number of pyridine rings is 2. The summed E-state index contributed by atoms with van der Waals surface area (Å²) in [6.45, 7) is 1.72. The van der Waals surface area contributed by atoms with Gasteiger partial charge in [-0.05, 0) is 25.1 Å². The molecule has 0 bridgehead atoms. The zero-order chi connectivity index (χ0) is 21.9. The van der Waals surface area contributed by atoms with Crippen LogP contribution in [0.25, 0.3) is 11.3 Å². The van der Waals surface area contributed by atoms with Crippen molar-refractivity contribution in [3.8, 4) is 11.3 Å². The molecule has 0 spiro atoms. The van der Waals surface area contributed by atoms with Crippen molar-refractivity contribution in [1.82, 2.24) is 19.7 Å². The number of nitrogens with one attached hydrogen (secondary N) is 1. The summed E-state index contributed by atoms with van der Waals surface area (Å²) in [5.74, 6) is -0.456. The molecular formula is C19H20ClN5O4S. The Morgan fingerprint density at radius 1 is 1.27 bits per heavy atom. The van der Waals surface area contributed by atoms with Crippen molar-refractivity contribution in [2.75, 3.05) is 11.0 Å². The van der Waals surface area contributed by atoms with Crippen LogP contribution in [0.15, 0.2) is 42.9 Å². The maximum Gasteiger partial charge on any atom is 0.312 e. The van der Waals surface area contributed by atoms with Gasteiger partial charge >= 0.3 is 5.97 Å². The van der Waals surface area contributed by atoms with Crippen LogP contribution in [0, 0.1) is 0 Å². The molecule has 158 valence electrons. The van der Waals surface area contributed by atoms with E-state index in [1.165, 1.54) is 6.20 Å². The Balaban J connectivity index is 1.76. The second-order valence-electron chi connectivity index (χ2n) is 6.63. The van der Waals surface area contributed by atoms with Crippen LogP contribution in [0.3, 0.4) is 0 Å². The van der Waals surface area contributed by atoms with Gasteiger partial charge in [0, 0.05) is 24.4 Å². The minimum Gasteiger partial charge on any atom is -0.457 e. The summed E-state index contributed by atoms with van der Waals surface area (Å²) >= 11 is 6.06. The molecule has 0 aromatic carbocycles. The van der Waals surface area contributed by atoms with E-state index >= 15 is 0 Å². The van der Waals surface area contributed by atoms with Gasteiger partial charge in [-0.25, -0.2) is 13.4 Å². The summed E-state index contributed by atoms with van der Waals surface area (Å²) in [5.41, 5.74) is 2.77. The highest BCUT2D eigenvalue weighted by atomic mass is 35.5. The topological polar surface area (TPSA) is 116 Å². The second-order valence-corrected chi connectivity index (χ2v) is 8.73. The number of anilines is 1. The first-order valence-corrected chi connectivity index (χ1v) is 11.2. The fraction of sp³-hybridized carbons (Fsp3) is 0.263. The molecule has 3 heterocycles. The Morgan fingerprint density at radius 3 is 2.67 bits per heavy atom. The largest absolute Gasteiger partial charge is 0.457 e. The van der Waals surface area contributed by atoms with E-state index in [9.17, 15) is 13.2 Å². The summed E-state index contributed by atoms with van der Waals surface area (Å²) in [6, 6.07) is 6.71. The predicted octanol–water partition coefficient (Wildman–Crippen LogP) is 2.75. The molecule has 3 aromatic rings. The molecule has 9 nitrogen and oxygen atoms in total. The standard InChI is InChI=1S/C19H20ClN5O4S/c1-12(14-5-4-8-21-19(14)20)29-18(26)9-17-15(11-23-25(17)2)16-7-6-13(10-22-16)24-30(3,27)28/h4-8,10-12,24H,9H2,1-3H3/t12-/m1/s1. The van der Waals surface area contributed by atoms with Gasteiger partial charge in [-0.3, -0.25) is 19.2 Å². The molecule has 0 aliphatic heterocycles. The molecule has 11 heteroatoms. The van der Waals surface area contributed by atoms with E-state index in [1.807, 2.05) is 0 Å². The first kappa shape index (κ1) is 21.7. The molecule has 1 atom stereocenters. The summed E-state index contributed by atoms with van der Waals surface area (Å²) in [6.07, 6.45) is 5.03. The molecule has 3 aromatic heterocycles. The Morgan fingerprint density at radius 2 is 2.03 bits per heavy atom. The highest BCUT2D eigenvalue weighted by Gasteiger charge is 2.20. The smallest absolute Gasteiger partial charge is 0.312 e. The van der Waals surface area contributed by atoms with Crippen molar-refractivity contribution < 1.29 is 17.9 Å². The van der Waals surface area contributed by atoms with Crippen LogP contribution in [-0.2, 0) is 33.0 Å². The van der Waals surface area contributed by atoms with Gasteiger partial charge < -0.3 is 4.74 Å². The number of sulfonamides is 1. The van der Waals surface area contributed by atoms with Gasteiger partial charge in [0.1, 0.15) is 11.3 Å². The number of aryl methyl sites for hydroxylation is 1. The van der Waals surface area contributed by atoms with Crippen LogP contribution in [-0.4, -0.2) is 40.4 Å². The Hall–Kier alpha value is -2.98. The first-order valence-electron chi connectivity index (χ1n) is 8.89. The molecular weight excluding hydrogens is 430 g/mol. The van der Waals surface area contributed by atoms with Crippen molar-refractivity contribution >= 4 is 33.3 Å². The summed E-state index contributed by atoms with van der Waals surface area (Å²) < 4.78 is 32.1. The van der Waals surface area contributed by atoms with Crippen molar-refractivity contribution in [3.05, 3.63) is 59.3 Å². The van der Waals surface area contributed by atoms with E-state index in [0.717, 1.165) is 6.26 Å². The van der Waals surface area contributed by atoms with Gasteiger partial charge in [-0.15, -0.1) is 0 Å². The Kier molecular flexibility index (Phi) is 6.37. The van der Waals surface area contributed by atoms with Crippen LogP contribution in [0.1, 0.15) is 24.3 Å². The van der Waals surface area contributed by atoms with Gasteiger partial charge in [0.05, 0.1) is 42.1 Å². The van der Waals surface area contributed by atoms with Crippen LogP contribution < -0.4 is 4.72 Å². The number of carbonyl (C=O) groups is 1. The van der Waals surface area contributed by atoms with Gasteiger partial charge in [-0.2, -0.15) is 5.10 Å². The maximum absolute atomic E-state index is 12.5. The molecule has 0 aliphatic carbocycles. The molecule has 3 rings (SSSR count). The SMILES string of the molecule is C[C@@H](OC(=O)Cc1c(-c2ccc(NS(C)(=O)=O)cn2)cnn1C)c1cccnc1Cl. The molecule has 0 amide bonds. The van der Waals surface area contributed by atoms with Crippen molar-refractivity contribution in [3.63, 3.8) is 0 Å². The molecule has 0 radical (unpaired) electrons. The summed E-state index contributed by atoms with van der Waals surface area (Å²) in [4.78, 5) is 20.8. The van der Waals surface area contributed by atoms with E-state index in [0.29, 0.717) is 28.2 Å². The minimum atomic E-state index is -3.39. The number of hydrogen-bond acceptors (Lipinski definition) is 7. The molecule has 0 aliphatic rings. The monoisotopic (exact) mass is 449 g/mol. The highest BCUT2D eigenvalue weighted by Crippen LogP contribution is 2.26. The number of ether oxygens (including phenoxy) is 1. The van der Waals surface area contributed by atoms with Crippen molar-refractivity contribution in [2.24, 2.45) is 7.05 Å². The van der Waals surface area contributed by atoms with Crippen LogP contribution >= 0.6 is 11.6 Å². The number of carbonyl (C=O) groups excluding carboxylic acids is 1. The average molecular weight is 450 g/mol. The normalized spacial score (nSPS) is 12.4. The zero-order valence-corrected chi connectivity index (χ0v) is 18.1. The number of rotatable bonds is 7. The number of hydrogen-bond donors (Lipinski definition) is 1. The Bertz CT molecular complexity index is 1160. The zero-order valence-electron chi connectivity index (χ0n) is 16.5. The van der Waals surface area contributed by atoms with Crippen LogP contribution in [0.2, 0.25) is 5.15 Å². The lowest BCUT2D eigenvalue weighted by Crippen LogP contribution is -2.14. The third-order valence-electron chi connectivity index (χ3n) is 4.25. The number of aromatic nitrogens is 4. The van der Waals surface area contributed by atoms with Crippen molar-refractivity contribution in [2.45, 2.75) is 19.4 Å². The van der Waals surface area contributed by atoms with Crippen LogP contribution in [0.5, 0.6) is 0 Å². The van der Waals surface area contributed by atoms with Gasteiger partial charge in [0.15, 0.2) is 0 Å². The number of nitrogens with zero attached hydrogens (tertiary/aromatic N) is 4. The lowest BCUT2D eigenvalue weighted by Gasteiger charge is -2.15. The lowest BCUT2D eigenvalue weighted by molar-refractivity contribution is -0.147. The molecule has 1 N–H and O–H groups in total. The fourth-order valence-electron chi connectivity index (χ4n) is 2.85. The lowest BCUT2D eigenvalue weighted by atomic mass is 10.1. The minimum absolute atomic E-state index is 0.0287. The molecule has 30 heavy (non-hydrogen) atoms. The van der Waals surface area contributed by atoms with E-state index in [-0.39, 0.29) is 11.6 Å². The second kappa shape index (κ2) is 8.80. The average Bonchev–Trinajstić information content (AvgIpc) is 3.02. The molecule has 0 fully saturated rings. The molecule has 0 saturated carbocycles. The van der Waals surface area contributed by atoms with E-state index in [2.05, 4.69) is 19.8 Å². The molecule has 0 unspecified atom stereocenters. The van der Waals surface area contributed by atoms with Gasteiger partial charge in [-0.1, -0.05) is 17.7 Å². The fourth-order valence-corrected chi connectivity index (χ4v) is 3.68. The number of halogens is 1. The van der Waals surface area contributed by atoms with Gasteiger partial charge in [0.2, 0.25) is 10.0 Å². The third kappa shape index (κ3) is 5.33.